The second kappa shape index (κ2) is 5.35. The molecular weight excluding hydrogens is 316 g/mol. The molecule has 5 nitrogen and oxygen atoms in total. The number of hydrogen-bond donors (Lipinski definition) is 1. The molecule has 6 rings (SSSR count). The number of anilines is 1. The van der Waals surface area contributed by atoms with Crippen molar-refractivity contribution in [2.45, 2.75) is 13.3 Å². The van der Waals surface area contributed by atoms with Crippen molar-refractivity contribution in [3.8, 4) is 5.75 Å². The minimum absolute atomic E-state index is 0.0122. The van der Waals surface area contributed by atoms with Crippen LogP contribution >= 0.6 is 0 Å². The number of carbonyl (C=O) groups is 2. The first-order valence-corrected chi connectivity index (χ1v) is 9.19. The van der Waals surface area contributed by atoms with Gasteiger partial charge in [-0.1, -0.05) is 12.2 Å². The van der Waals surface area contributed by atoms with E-state index in [-0.39, 0.29) is 42.2 Å². The van der Waals surface area contributed by atoms with E-state index in [0.717, 1.165) is 11.4 Å². The van der Waals surface area contributed by atoms with Crippen molar-refractivity contribution >= 4 is 17.5 Å². The molecular formula is C20H22N2O3. The first kappa shape index (κ1) is 15.0. The summed E-state index contributed by atoms with van der Waals surface area (Å²) in [6, 6.07) is 7.58. The third-order valence-electron chi connectivity index (χ3n) is 6.36. The van der Waals surface area contributed by atoms with Gasteiger partial charge in [0.25, 0.3) is 0 Å². The molecule has 0 aromatic heterocycles. The third-order valence-corrected chi connectivity index (χ3v) is 6.36. The van der Waals surface area contributed by atoms with Crippen LogP contribution in [0.15, 0.2) is 36.4 Å². The smallest absolute Gasteiger partial charge is 0.235 e. The van der Waals surface area contributed by atoms with Gasteiger partial charge in [-0.2, -0.15) is 0 Å². The Bertz CT molecular complexity index is 721. The molecule has 0 spiro atoms. The zero-order valence-corrected chi connectivity index (χ0v) is 14.2. The Morgan fingerprint density at radius 3 is 2.20 bits per heavy atom. The van der Waals surface area contributed by atoms with E-state index in [0.29, 0.717) is 18.4 Å². The van der Waals surface area contributed by atoms with Crippen LogP contribution in [-0.4, -0.2) is 30.0 Å². The van der Waals surface area contributed by atoms with Gasteiger partial charge >= 0.3 is 0 Å². The van der Waals surface area contributed by atoms with Crippen molar-refractivity contribution in [3.05, 3.63) is 36.4 Å². The minimum atomic E-state index is -0.117. The van der Waals surface area contributed by atoms with Crippen LogP contribution in [0.5, 0.6) is 5.75 Å². The van der Waals surface area contributed by atoms with Crippen molar-refractivity contribution in [1.82, 2.24) is 4.90 Å². The van der Waals surface area contributed by atoms with E-state index < -0.39 is 0 Å². The monoisotopic (exact) mass is 338 g/mol. The predicted octanol–water partition coefficient (Wildman–Crippen LogP) is 2.51. The van der Waals surface area contributed by atoms with Gasteiger partial charge in [0, 0.05) is 5.69 Å². The Morgan fingerprint density at radius 2 is 1.64 bits per heavy atom. The van der Waals surface area contributed by atoms with Gasteiger partial charge in [-0.3, -0.25) is 14.5 Å². The quantitative estimate of drug-likeness (QED) is 0.662. The highest BCUT2D eigenvalue weighted by Gasteiger charge is 2.66. The summed E-state index contributed by atoms with van der Waals surface area (Å²) in [5.41, 5.74) is 0.878. The Hall–Kier alpha value is -2.30. The molecule has 1 aliphatic heterocycles. The fraction of sp³-hybridized carbons (Fsp3) is 0.500. The van der Waals surface area contributed by atoms with Gasteiger partial charge in [0.05, 0.1) is 25.1 Å². The van der Waals surface area contributed by atoms with Crippen LogP contribution in [0.2, 0.25) is 0 Å². The molecule has 6 atom stereocenters. The van der Waals surface area contributed by atoms with Gasteiger partial charge in [-0.15, -0.1) is 0 Å². The second-order valence-corrected chi connectivity index (χ2v) is 7.55. The normalized spacial score (nSPS) is 37.1. The molecule has 5 aliphatic rings. The van der Waals surface area contributed by atoms with Crippen molar-refractivity contribution in [3.63, 3.8) is 0 Å². The Labute approximate surface area is 147 Å². The summed E-state index contributed by atoms with van der Waals surface area (Å²) in [5.74, 6) is 2.46. The first-order chi connectivity index (χ1) is 12.2. The lowest BCUT2D eigenvalue weighted by Gasteiger charge is -2.37. The number of allylic oxidation sites excluding steroid dienone is 2. The number of imide groups is 1. The lowest BCUT2D eigenvalue weighted by atomic mass is 9.63. The average Bonchev–Trinajstić information content (AvgIpc) is 3.41. The third kappa shape index (κ3) is 2.14. The lowest BCUT2D eigenvalue weighted by Crippen LogP contribution is -2.40. The summed E-state index contributed by atoms with van der Waals surface area (Å²) < 4.78 is 5.43. The van der Waals surface area contributed by atoms with E-state index in [1.165, 1.54) is 11.3 Å². The van der Waals surface area contributed by atoms with Crippen LogP contribution in [0.1, 0.15) is 13.3 Å². The molecule has 0 radical (unpaired) electrons. The van der Waals surface area contributed by atoms with E-state index in [4.69, 9.17) is 4.74 Å². The molecule has 3 fully saturated rings. The number of amides is 2. The highest BCUT2D eigenvalue weighted by molar-refractivity contribution is 6.06. The molecule has 1 aromatic rings. The Kier molecular flexibility index (Phi) is 3.21. The van der Waals surface area contributed by atoms with E-state index in [1.54, 1.807) is 0 Å². The molecule has 130 valence electrons. The number of rotatable bonds is 5. The van der Waals surface area contributed by atoms with Crippen LogP contribution in [0.3, 0.4) is 0 Å². The molecule has 4 aliphatic carbocycles. The number of carbonyl (C=O) groups excluding carboxylic acids is 2. The number of hydrogen-bond acceptors (Lipinski definition) is 4. The minimum Gasteiger partial charge on any atom is -0.494 e. The van der Waals surface area contributed by atoms with E-state index in [9.17, 15) is 9.59 Å². The van der Waals surface area contributed by atoms with Gasteiger partial charge in [0.15, 0.2) is 0 Å². The first-order valence-electron chi connectivity index (χ1n) is 9.19. The molecule has 1 aromatic carbocycles. The molecule has 1 heterocycles. The van der Waals surface area contributed by atoms with Crippen LogP contribution in [0.25, 0.3) is 0 Å². The number of likely N-dealkylation sites (tertiary alicyclic amines) is 1. The number of nitrogens with zero attached hydrogens (tertiary/aromatic N) is 1. The largest absolute Gasteiger partial charge is 0.494 e. The number of nitrogens with one attached hydrogen (secondary N) is 1. The standard InChI is InChI=1S/C20H22N2O3/c1-2-25-12-5-3-11(4-6-12)21-10-22-19(23)17-13-7-8-14(16-9-15(13)16)18(17)20(22)24/h3-8,13-18,21H,2,9-10H2,1H3/t13-,14-,15-,16-,17-,18+/m1/s1. The molecule has 2 bridgehead atoms. The fourth-order valence-corrected chi connectivity index (χ4v) is 5.18. The van der Waals surface area contributed by atoms with E-state index >= 15 is 0 Å². The topological polar surface area (TPSA) is 58.6 Å². The summed E-state index contributed by atoms with van der Waals surface area (Å²) in [6.07, 6.45) is 5.60. The van der Waals surface area contributed by atoms with Gasteiger partial charge < -0.3 is 10.1 Å². The van der Waals surface area contributed by atoms with Gasteiger partial charge in [0.1, 0.15) is 5.75 Å². The van der Waals surface area contributed by atoms with Gasteiger partial charge in [0.2, 0.25) is 11.8 Å². The van der Waals surface area contributed by atoms with E-state index in [2.05, 4.69) is 17.5 Å². The fourth-order valence-electron chi connectivity index (χ4n) is 5.18. The SMILES string of the molecule is CCOc1ccc(NCN2C(=O)[C@@H]3[C@@H]4C=C[C@H]([C@H]5C[C@H]45)[C@@H]3C2=O)cc1. The Balaban J connectivity index is 1.29. The molecule has 0 unspecified atom stereocenters. The Morgan fingerprint density at radius 1 is 1.04 bits per heavy atom. The number of benzene rings is 1. The average molecular weight is 338 g/mol. The summed E-state index contributed by atoms with van der Waals surface area (Å²) >= 11 is 0. The maximum absolute atomic E-state index is 12.9. The molecule has 2 saturated carbocycles. The molecule has 1 saturated heterocycles. The van der Waals surface area contributed by atoms with Crippen molar-refractivity contribution in [2.75, 3.05) is 18.6 Å². The van der Waals surface area contributed by atoms with E-state index in [1.807, 2.05) is 31.2 Å². The summed E-state index contributed by atoms with van der Waals surface area (Å²) in [5, 5.41) is 3.21. The van der Waals surface area contributed by atoms with Crippen molar-refractivity contribution in [1.29, 1.82) is 0 Å². The second-order valence-electron chi connectivity index (χ2n) is 7.55. The lowest BCUT2D eigenvalue weighted by molar-refractivity contribution is -0.139. The van der Waals surface area contributed by atoms with Crippen molar-refractivity contribution in [2.24, 2.45) is 35.5 Å². The molecule has 5 heteroatoms. The summed E-state index contributed by atoms with van der Waals surface area (Å²) in [4.78, 5) is 27.2. The predicted molar refractivity (Wildman–Crippen MR) is 92.7 cm³/mol. The molecule has 1 N–H and O–H groups in total. The molecule has 25 heavy (non-hydrogen) atoms. The molecule has 2 amide bonds. The van der Waals surface area contributed by atoms with Crippen LogP contribution in [0, 0.1) is 35.5 Å². The maximum Gasteiger partial charge on any atom is 0.235 e. The van der Waals surface area contributed by atoms with Gasteiger partial charge in [-0.05, 0) is 61.3 Å². The van der Waals surface area contributed by atoms with Gasteiger partial charge in [-0.25, -0.2) is 0 Å². The van der Waals surface area contributed by atoms with Crippen LogP contribution in [0.4, 0.5) is 5.69 Å². The van der Waals surface area contributed by atoms with Crippen LogP contribution < -0.4 is 10.1 Å². The van der Waals surface area contributed by atoms with Crippen LogP contribution in [-0.2, 0) is 9.59 Å². The highest BCUT2D eigenvalue weighted by atomic mass is 16.5. The maximum atomic E-state index is 12.9. The van der Waals surface area contributed by atoms with Crippen molar-refractivity contribution < 1.29 is 14.3 Å². The number of ether oxygens (including phenoxy) is 1. The highest BCUT2D eigenvalue weighted by Crippen LogP contribution is 2.65. The zero-order chi connectivity index (χ0) is 17.1. The zero-order valence-electron chi connectivity index (χ0n) is 14.2. The summed E-state index contributed by atoms with van der Waals surface area (Å²) in [7, 11) is 0. The summed E-state index contributed by atoms with van der Waals surface area (Å²) in [6.45, 7) is 2.82.